The summed E-state index contributed by atoms with van der Waals surface area (Å²) < 4.78 is 0. The van der Waals surface area contributed by atoms with Crippen LogP contribution in [0.1, 0.15) is 32.8 Å². The molecule has 7 nitrogen and oxygen atoms in total. The Balaban J connectivity index is 2.16. The number of carboxylic acid groups (broad SMARTS) is 1. The van der Waals surface area contributed by atoms with Crippen LogP contribution in [0, 0.1) is 5.92 Å². The van der Waals surface area contributed by atoms with Gasteiger partial charge in [-0.05, 0) is 43.4 Å². The molecule has 2 amide bonds. The zero-order chi connectivity index (χ0) is 22.8. The van der Waals surface area contributed by atoms with Gasteiger partial charge in [0.25, 0.3) is 0 Å². The van der Waals surface area contributed by atoms with Gasteiger partial charge in [0.1, 0.15) is 12.1 Å². The molecule has 0 spiro atoms. The number of para-hydroxylation sites is 1. The number of rotatable bonds is 11. The smallest absolute Gasteiger partial charge is 0.320 e. The van der Waals surface area contributed by atoms with Crippen molar-refractivity contribution in [2.75, 3.05) is 5.32 Å². The quantitative estimate of drug-likeness (QED) is 0.443. The van der Waals surface area contributed by atoms with Gasteiger partial charge in [0.05, 0.1) is 6.04 Å². The van der Waals surface area contributed by atoms with Gasteiger partial charge in [-0.25, -0.2) is 0 Å². The highest BCUT2D eigenvalue weighted by molar-refractivity contribution is 5.98. The predicted octanol–water partition coefficient (Wildman–Crippen LogP) is 2.83. The SMILES string of the molecule is CC(C)CC(NC(=O)C(Cc1ccccc1)NC(C)C(=O)O)C(=O)Nc1ccccc1. The van der Waals surface area contributed by atoms with Gasteiger partial charge in [-0.1, -0.05) is 62.4 Å². The molecule has 2 aromatic carbocycles. The van der Waals surface area contributed by atoms with Crippen LogP contribution in [0.4, 0.5) is 5.69 Å². The first-order chi connectivity index (χ1) is 14.8. The number of carbonyl (C=O) groups is 3. The molecule has 2 aromatic rings. The van der Waals surface area contributed by atoms with Crippen LogP contribution < -0.4 is 16.0 Å². The molecule has 7 heteroatoms. The van der Waals surface area contributed by atoms with Crippen LogP contribution in [0.25, 0.3) is 0 Å². The maximum absolute atomic E-state index is 13.1. The first-order valence-electron chi connectivity index (χ1n) is 10.4. The summed E-state index contributed by atoms with van der Waals surface area (Å²) in [7, 11) is 0. The molecule has 0 aromatic heterocycles. The summed E-state index contributed by atoms with van der Waals surface area (Å²) in [6, 6.07) is 15.9. The molecule has 0 aliphatic rings. The maximum atomic E-state index is 13.1. The average molecular weight is 426 g/mol. The molecule has 3 atom stereocenters. The molecule has 31 heavy (non-hydrogen) atoms. The third kappa shape index (κ3) is 8.22. The highest BCUT2D eigenvalue weighted by Gasteiger charge is 2.28. The summed E-state index contributed by atoms with van der Waals surface area (Å²) in [5.74, 6) is -1.60. The molecule has 4 N–H and O–H groups in total. The van der Waals surface area contributed by atoms with Gasteiger partial charge in [0.2, 0.25) is 11.8 Å². The number of benzene rings is 2. The molecule has 0 radical (unpaired) electrons. The molecule has 0 bridgehead atoms. The van der Waals surface area contributed by atoms with Crippen molar-refractivity contribution in [2.24, 2.45) is 5.92 Å². The molecule has 0 heterocycles. The third-order valence-electron chi connectivity index (χ3n) is 4.80. The van der Waals surface area contributed by atoms with Gasteiger partial charge in [0, 0.05) is 5.69 Å². The van der Waals surface area contributed by atoms with E-state index in [1.165, 1.54) is 6.92 Å². The zero-order valence-electron chi connectivity index (χ0n) is 18.2. The Morgan fingerprint density at radius 1 is 0.839 bits per heavy atom. The number of hydrogen-bond acceptors (Lipinski definition) is 4. The molecular weight excluding hydrogens is 394 g/mol. The Kier molecular flexibility index (Phi) is 9.21. The molecule has 0 aliphatic carbocycles. The number of aliphatic carboxylic acids is 1. The second-order valence-electron chi connectivity index (χ2n) is 8.01. The normalized spacial score (nSPS) is 13.8. The van der Waals surface area contributed by atoms with E-state index in [9.17, 15) is 19.5 Å². The molecular formula is C24H31N3O4. The van der Waals surface area contributed by atoms with E-state index in [-0.39, 0.29) is 11.8 Å². The standard InChI is InChI=1S/C24H31N3O4/c1-16(2)14-20(22(28)26-19-12-8-5-9-13-19)27-23(29)21(25-17(3)24(30)31)15-18-10-6-4-7-11-18/h4-13,16-17,20-21,25H,14-15H2,1-3H3,(H,26,28)(H,27,29)(H,30,31). The van der Waals surface area contributed by atoms with Crippen LogP contribution in [-0.2, 0) is 20.8 Å². The third-order valence-corrected chi connectivity index (χ3v) is 4.80. The van der Waals surface area contributed by atoms with Crippen LogP contribution in [-0.4, -0.2) is 41.0 Å². The topological polar surface area (TPSA) is 108 Å². The Morgan fingerprint density at radius 3 is 1.97 bits per heavy atom. The van der Waals surface area contributed by atoms with E-state index in [4.69, 9.17) is 0 Å². The van der Waals surface area contributed by atoms with Crippen molar-refractivity contribution in [3.63, 3.8) is 0 Å². The fraction of sp³-hybridized carbons (Fsp3) is 0.375. The van der Waals surface area contributed by atoms with Crippen LogP contribution in [0.15, 0.2) is 60.7 Å². The predicted molar refractivity (Wildman–Crippen MR) is 121 cm³/mol. The number of carbonyl (C=O) groups excluding carboxylic acids is 2. The summed E-state index contributed by atoms with van der Waals surface area (Å²) in [5, 5.41) is 17.8. The van der Waals surface area contributed by atoms with Gasteiger partial charge in [-0.3, -0.25) is 19.7 Å². The summed E-state index contributed by atoms with van der Waals surface area (Å²) in [6.45, 7) is 5.43. The maximum Gasteiger partial charge on any atom is 0.320 e. The summed E-state index contributed by atoms with van der Waals surface area (Å²) in [4.78, 5) is 37.3. The first kappa shape index (κ1) is 24.1. The summed E-state index contributed by atoms with van der Waals surface area (Å²) >= 11 is 0. The van der Waals surface area contributed by atoms with Crippen molar-refractivity contribution in [1.82, 2.24) is 10.6 Å². The zero-order valence-corrected chi connectivity index (χ0v) is 18.2. The number of hydrogen-bond donors (Lipinski definition) is 4. The lowest BCUT2D eigenvalue weighted by atomic mass is 10.0. The van der Waals surface area contributed by atoms with Crippen molar-refractivity contribution < 1.29 is 19.5 Å². The highest BCUT2D eigenvalue weighted by Crippen LogP contribution is 2.11. The van der Waals surface area contributed by atoms with E-state index >= 15 is 0 Å². The molecule has 0 aliphatic heterocycles. The number of amides is 2. The van der Waals surface area contributed by atoms with Crippen LogP contribution in [0.2, 0.25) is 0 Å². The van der Waals surface area contributed by atoms with Gasteiger partial charge >= 0.3 is 5.97 Å². The fourth-order valence-electron chi connectivity index (χ4n) is 3.18. The largest absolute Gasteiger partial charge is 0.480 e. The lowest BCUT2D eigenvalue weighted by Crippen LogP contribution is -2.55. The van der Waals surface area contributed by atoms with Crippen molar-refractivity contribution >= 4 is 23.5 Å². The number of anilines is 1. The fourth-order valence-corrected chi connectivity index (χ4v) is 3.18. The minimum atomic E-state index is -1.05. The molecule has 0 fully saturated rings. The Bertz CT molecular complexity index is 856. The monoisotopic (exact) mass is 425 g/mol. The Hall–Kier alpha value is -3.19. The van der Waals surface area contributed by atoms with E-state index in [1.54, 1.807) is 12.1 Å². The van der Waals surface area contributed by atoms with Gasteiger partial charge in [-0.15, -0.1) is 0 Å². The van der Waals surface area contributed by atoms with E-state index in [1.807, 2.05) is 62.4 Å². The van der Waals surface area contributed by atoms with Crippen LogP contribution in [0.3, 0.4) is 0 Å². The molecule has 0 saturated heterocycles. The Labute approximate surface area is 183 Å². The van der Waals surface area contributed by atoms with Crippen molar-refractivity contribution in [3.8, 4) is 0 Å². The van der Waals surface area contributed by atoms with E-state index in [0.717, 1.165) is 5.56 Å². The molecule has 166 valence electrons. The molecule has 0 saturated carbocycles. The summed E-state index contributed by atoms with van der Waals surface area (Å²) in [5.41, 5.74) is 1.54. The number of carboxylic acids is 1. The lowest BCUT2D eigenvalue weighted by Gasteiger charge is -2.25. The summed E-state index contributed by atoms with van der Waals surface area (Å²) in [6.07, 6.45) is 0.760. The Morgan fingerprint density at radius 2 is 1.42 bits per heavy atom. The first-order valence-corrected chi connectivity index (χ1v) is 10.4. The second-order valence-corrected chi connectivity index (χ2v) is 8.01. The molecule has 2 rings (SSSR count). The van der Waals surface area contributed by atoms with Crippen molar-refractivity contribution in [3.05, 3.63) is 66.2 Å². The highest BCUT2D eigenvalue weighted by atomic mass is 16.4. The lowest BCUT2D eigenvalue weighted by molar-refractivity contribution is -0.139. The second kappa shape index (κ2) is 11.9. The van der Waals surface area contributed by atoms with Gasteiger partial charge in [-0.2, -0.15) is 0 Å². The van der Waals surface area contributed by atoms with E-state index < -0.39 is 30.0 Å². The molecule has 3 unspecified atom stereocenters. The van der Waals surface area contributed by atoms with Crippen molar-refractivity contribution in [2.45, 2.75) is 51.7 Å². The van der Waals surface area contributed by atoms with E-state index in [2.05, 4.69) is 16.0 Å². The minimum absolute atomic E-state index is 0.172. The minimum Gasteiger partial charge on any atom is -0.480 e. The van der Waals surface area contributed by atoms with Gasteiger partial charge in [0.15, 0.2) is 0 Å². The van der Waals surface area contributed by atoms with Gasteiger partial charge < -0.3 is 15.7 Å². The van der Waals surface area contributed by atoms with E-state index in [0.29, 0.717) is 18.5 Å². The average Bonchev–Trinajstić information content (AvgIpc) is 2.73. The van der Waals surface area contributed by atoms with Crippen molar-refractivity contribution in [1.29, 1.82) is 0 Å². The van der Waals surface area contributed by atoms with Crippen LogP contribution in [0.5, 0.6) is 0 Å². The number of nitrogens with one attached hydrogen (secondary N) is 3. The van der Waals surface area contributed by atoms with Crippen LogP contribution >= 0.6 is 0 Å².